The molecule has 0 bridgehead atoms. The molecule has 0 aliphatic rings. The van der Waals surface area contributed by atoms with Gasteiger partial charge in [0, 0.05) is 12.7 Å². The number of pyridine rings is 1. The lowest BCUT2D eigenvalue weighted by Crippen LogP contribution is -2.25. The van der Waals surface area contributed by atoms with Crippen LogP contribution >= 0.6 is 11.6 Å². The lowest BCUT2D eigenvalue weighted by Gasteiger charge is -2.04. The second-order valence-electron chi connectivity index (χ2n) is 3.01. The molecule has 1 rings (SSSR count). The van der Waals surface area contributed by atoms with Crippen molar-refractivity contribution in [3.05, 3.63) is 33.1 Å². The van der Waals surface area contributed by atoms with Crippen LogP contribution in [0, 0.1) is 10.1 Å². The Bertz CT molecular complexity index is 422. The molecule has 86 valence electrons. The molecule has 1 aromatic rings. The lowest BCUT2D eigenvalue weighted by molar-refractivity contribution is -0.385. The molecule has 0 fully saturated rings. The smallest absolute Gasteiger partial charge is 0.319 e. The molecule has 0 saturated carbocycles. The highest BCUT2D eigenvalue weighted by Gasteiger charge is 2.24. The van der Waals surface area contributed by atoms with E-state index in [4.69, 9.17) is 11.6 Å². The van der Waals surface area contributed by atoms with Crippen LogP contribution < -0.4 is 5.32 Å². The SMILES string of the molecule is CCCNC(=O)c1ccnc(Cl)c1[N+](=O)[O-]. The molecule has 1 aromatic heterocycles. The molecular formula is C9H10ClN3O3. The first-order valence-corrected chi connectivity index (χ1v) is 5.02. The molecule has 1 amide bonds. The van der Waals surface area contributed by atoms with Crippen molar-refractivity contribution in [2.45, 2.75) is 13.3 Å². The van der Waals surface area contributed by atoms with E-state index >= 15 is 0 Å². The minimum Gasteiger partial charge on any atom is -0.352 e. The van der Waals surface area contributed by atoms with Crippen LogP contribution in [0.4, 0.5) is 5.69 Å². The fourth-order valence-electron chi connectivity index (χ4n) is 1.12. The maximum Gasteiger partial charge on any atom is 0.319 e. The van der Waals surface area contributed by atoms with Crippen LogP contribution in [0.3, 0.4) is 0 Å². The first kappa shape index (κ1) is 12.4. The molecule has 0 radical (unpaired) electrons. The van der Waals surface area contributed by atoms with E-state index in [1.165, 1.54) is 12.3 Å². The van der Waals surface area contributed by atoms with E-state index < -0.39 is 16.5 Å². The summed E-state index contributed by atoms with van der Waals surface area (Å²) in [5.41, 5.74) is -0.531. The standard InChI is InChI=1S/C9H10ClN3O3/c1-2-4-12-9(14)6-3-5-11-8(10)7(6)13(15)16/h3,5H,2,4H2,1H3,(H,12,14). The fourth-order valence-corrected chi connectivity index (χ4v) is 1.35. The minimum absolute atomic E-state index is 0.0709. The number of halogens is 1. The molecule has 0 aliphatic carbocycles. The molecule has 7 heteroatoms. The summed E-state index contributed by atoms with van der Waals surface area (Å²) in [6.07, 6.45) is 2.01. The number of carbonyl (C=O) groups excluding carboxylic acids is 1. The number of nitrogens with zero attached hydrogens (tertiary/aromatic N) is 2. The van der Waals surface area contributed by atoms with Gasteiger partial charge in [0.05, 0.1) is 4.92 Å². The Hall–Kier alpha value is -1.69. The number of nitro groups is 1. The Morgan fingerprint density at radius 1 is 1.69 bits per heavy atom. The van der Waals surface area contributed by atoms with Gasteiger partial charge in [-0.05, 0) is 12.5 Å². The summed E-state index contributed by atoms with van der Waals surface area (Å²) in [6.45, 7) is 2.34. The first-order chi connectivity index (χ1) is 7.57. The van der Waals surface area contributed by atoms with E-state index in [9.17, 15) is 14.9 Å². The topological polar surface area (TPSA) is 85.1 Å². The van der Waals surface area contributed by atoms with Gasteiger partial charge < -0.3 is 5.32 Å². The van der Waals surface area contributed by atoms with Crippen molar-refractivity contribution in [3.63, 3.8) is 0 Å². The van der Waals surface area contributed by atoms with Gasteiger partial charge in [-0.15, -0.1) is 0 Å². The Morgan fingerprint density at radius 3 is 2.94 bits per heavy atom. The Morgan fingerprint density at radius 2 is 2.38 bits per heavy atom. The molecule has 1 heterocycles. The second-order valence-corrected chi connectivity index (χ2v) is 3.37. The zero-order valence-electron chi connectivity index (χ0n) is 8.57. The Kier molecular flexibility index (Phi) is 4.19. The van der Waals surface area contributed by atoms with E-state index in [1.54, 1.807) is 0 Å². The molecular weight excluding hydrogens is 234 g/mol. The summed E-state index contributed by atoms with van der Waals surface area (Å²) >= 11 is 5.57. The summed E-state index contributed by atoms with van der Waals surface area (Å²) in [5, 5.41) is 13.0. The zero-order valence-corrected chi connectivity index (χ0v) is 9.32. The van der Waals surface area contributed by atoms with Gasteiger partial charge in [0.2, 0.25) is 5.15 Å². The van der Waals surface area contributed by atoms with E-state index in [0.29, 0.717) is 6.54 Å². The predicted octanol–water partition coefficient (Wildman–Crippen LogP) is 1.78. The first-order valence-electron chi connectivity index (χ1n) is 4.65. The monoisotopic (exact) mass is 243 g/mol. The number of hydrogen-bond donors (Lipinski definition) is 1. The number of amides is 1. The number of hydrogen-bond acceptors (Lipinski definition) is 4. The summed E-state index contributed by atoms with van der Waals surface area (Å²) < 4.78 is 0. The highest BCUT2D eigenvalue weighted by Crippen LogP contribution is 2.25. The maximum absolute atomic E-state index is 11.6. The fraction of sp³-hybridized carbons (Fsp3) is 0.333. The predicted molar refractivity (Wildman–Crippen MR) is 58.5 cm³/mol. The number of carbonyl (C=O) groups is 1. The lowest BCUT2D eigenvalue weighted by atomic mass is 10.2. The van der Waals surface area contributed by atoms with Crippen LogP contribution in [0.25, 0.3) is 0 Å². The summed E-state index contributed by atoms with van der Waals surface area (Å²) in [6, 6.07) is 1.27. The highest BCUT2D eigenvalue weighted by atomic mass is 35.5. The average Bonchev–Trinajstić information content (AvgIpc) is 2.24. The van der Waals surface area contributed by atoms with Crippen LogP contribution in [0.15, 0.2) is 12.3 Å². The molecule has 6 nitrogen and oxygen atoms in total. The molecule has 0 aliphatic heterocycles. The van der Waals surface area contributed by atoms with Crippen molar-refractivity contribution in [2.75, 3.05) is 6.54 Å². The maximum atomic E-state index is 11.6. The van der Waals surface area contributed by atoms with Crippen molar-refractivity contribution in [3.8, 4) is 0 Å². The molecule has 1 N–H and O–H groups in total. The van der Waals surface area contributed by atoms with Crippen LogP contribution in [0.2, 0.25) is 5.15 Å². The third-order valence-electron chi connectivity index (χ3n) is 1.84. The van der Waals surface area contributed by atoms with Gasteiger partial charge >= 0.3 is 5.69 Å². The Balaban J connectivity index is 3.08. The highest BCUT2D eigenvalue weighted by molar-refractivity contribution is 6.32. The summed E-state index contributed by atoms with van der Waals surface area (Å²) in [5.74, 6) is -0.516. The van der Waals surface area contributed by atoms with Gasteiger partial charge in [-0.25, -0.2) is 4.98 Å². The van der Waals surface area contributed by atoms with Gasteiger partial charge in [0.1, 0.15) is 5.56 Å². The zero-order chi connectivity index (χ0) is 12.1. The third kappa shape index (κ3) is 2.66. The Labute approximate surface area is 96.8 Å². The van der Waals surface area contributed by atoms with E-state index in [1.807, 2.05) is 6.92 Å². The summed E-state index contributed by atoms with van der Waals surface area (Å²) in [7, 11) is 0. The molecule has 0 unspecified atom stereocenters. The van der Waals surface area contributed by atoms with Crippen molar-refractivity contribution in [1.82, 2.24) is 10.3 Å². The van der Waals surface area contributed by atoms with Crippen molar-refractivity contribution in [1.29, 1.82) is 0 Å². The van der Waals surface area contributed by atoms with Crippen molar-refractivity contribution >= 4 is 23.2 Å². The quantitative estimate of drug-likeness (QED) is 0.496. The van der Waals surface area contributed by atoms with Crippen molar-refractivity contribution < 1.29 is 9.72 Å². The van der Waals surface area contributed by atoms with Crippen molar-refractivity contribution in [2.24, 2.45) is 0 Å². The van der Waals surface area contributed by atoms with E-state index in [2.05, 4.69) is 10.3 Å². The average molecular weight is 244 g/mol. The van der Waals surface area contributed by atoms with Crippen LogP contribution in [-0.4, -0.2) is 22.4 Å². The van der Waals surface area contributed by atoms with Gasteiger partial charge in [-0.2, -0.15) is 0 Å². The number of nitrogens with one attached hydrogen (secondary N) is 1. The molecule has 0 atom stereocenters. The van der Waals surface area contributed by atoms with Gasteiger partial charge in [-0.3, -0.25) is 14.9 Å². The third-order valence-corrected chi connectivity index (χ3v) is 2.12. The van der Waals surface area contributed by atoms with Gasteiger partial charge in [0.25, 0.3) is 5.91 Å². The molecule has 0 spiro atoms. The van der Waals surface area contributed by atoms with E-state index in [0.717, 1.165) is 6.42 Å². The van der Waals surface area contributed by atoms with Gasteiger partial charge in [-0.1, -0.05) is 18.5 Å². The number of rotatable bonds is 4. The molecule has 0 saturated heterocycles. The van der Waals surface area contributed by atoms with Crippen LogP contribution in [0.1, 0.15) is 23.7 Å². The van der Waals surface area contributed by atoms with Crippen LogP contribution in [0.5, 0.6) is 0 Å². The normalized spacial score (nSPS) is 9.88. The van der Waals surface area contributed by atoms with Gasteiger partial charge in [0.15, 0.2) is 0 Å². The minimum atomic E-state index is -0.712. The summed E-state index contributed by atoms with van der Waals surface area (Å²) in [4.78, 5) is 25.2. The van der Waals surface area contributed by atoms with Crippen LogP contribution in [-0.2, 0) is 0 Å². The molecule has 0 aromatic carbocycles. The number of aromatic nitrogens is 1. The van der Waals surface area contributed by atoms with E-state index in [-0.39, 0.29) is 10.7 Å². The second kappa shape index (κ2) is 5.41. The molecule has 16 heavy (non-hydrogen) atoms. The largest absolute Gasteiger partial charge is 0.352 e.